The summed E-state index contributed by atoms with van der Waals surface area (Å²) in [6, 6.07) is 21.0. The van der Waals surface area contributed by atoms with Gasteiger partial charge in [-0.3, -0.25) is 4.79 Å². The first-order valence-corrected chi connectivity index (χ1v) is 9.80. The van der Waals surface area contributed by atoms with Crippen LogP contribution in [0.2, 0.25) is 0 Å². The molecule has 1 N–H and O–H groups in total. The molecule has 0 saturated carbocycles. The third-order valence-electron chi connectivity index (χ3n) is 4.54. The topological polar surface area (TPSA) is 64.4 Å². The minimum Gasteiger partial charge on any atom is -0.494 e. The number of amides is 1. The highest BCUT2D eigenvalue weighted by atomic mass is 16.5. The van der Waals surface area contributed by atoms with Crippen molar-refractivity contribution >= 4 is 28.8 Å². The Balaban J connectivity index is 1.46. The molecule has 0 unspecified atom stereocenters. The van der Waals surface area contributed by atoms with Crippen LogP contribution in [0, 0.1) is 6.92 Å². The van der Waals surface area contributed by atoms with Crippen molar-refractivity contribution in [2.45, 2.75) is 13.8 Å². The van der Waals surface area contributed by atoms with Crippen LogP contribution in [0.4, 0.5) is 5.69 Å². The number of carbonyl (C=O) groups excluding carboxylic acids is 1. The zero-order valence-electron chi connectivity index (χ0n) is 16.9. The summed E-state index contributed by atoms with van der Waals surface area (Å²) in [4.78, 5) is 16.8. The Bertz CT molecular complexity index is 1210. The highest BCUT2D eigenvalue weighted by Gasteiger charge is 2.09. The number of nitrogens with zero attached hydrogens (tertiary/aromatic N) is 1. The van der Waals surface area contributed by atoms with Crippen molar-refractivity contribution < 1.29 is 13.9 Å². The third kappa shape index (κ3) is 4.58. The first-order chi connectivity index (χ1) is 14.6. The van der Waals surface area contributed by atoms with E-state index in [1.807, 2.05) is 74.5 Å². The summed E-state index contributed by atoms with van der Waals surface area (Å²) >= 11 is 0. The molecule has 1 aromatic heterocycles. The van der Waals surface area contributed by atoms with Crippen molar-refractivity contribution in [3.8, 4) is 17.2 Å². The average molecular weight is 398 g/mol. The number of carbonyl (C=O) groups is 1. The molecular weight excluding hydrogens is 376 g/mol. The summed E-state index contributed by atoms with van der Waals surface area (Å²) in [6.07, 6.45) is 3.26. The molecule has 4 aromatic rings. The average Bonchev–Trinajstić information content (AvgIpc) is 3.17. The number of aromatic nitrogens is 1. The van der Waals surface area contributed by atoms with Crippen LogP contribution < -0.4 is 10.1 Å². The van der Waals surface area contributed by atoms with E-state index in [2.05, 4.69) is 10.3 Å². The third-order valence-corrected chi connectivity index (χ3v) is 4.54. The molecule has 0 radical (unpaired) electrons. The second-order valence-corrected chi connectivity index (χ2v) is 6.90. The van der Waals surface area contributed by atoms with Crippen molar-refractivity contribution in [1.29, 1.82) is 0 Å². The van der Waals surface area contributed by atoms with E-state index in [0.29, 0.717) is 23.8 Å². The van der Waals surface area contributed by atoms with Gasteiger partial charge in [-0.2, -0.15) is 0 Å². The smallest absolute Gasteiger partial charge is 0.248 e. The van der Waals surface area contributed by atoms with E-state index in [1.54, 1.807) is 12.1 Å². The van der Waals surface area contributed by atoms with Crippen LogP contribution in [0.1, 0.15) is 18.1 Å². The molecule has 30 heavy (non-hydrogen) atoms. The molecule has 1 amide bonds. The first kappa shape index (κ1) is 19.5. The van der Waals surface area contributed by atoms with Crippen molar-refractivity contribution in [3.63, 3.8) is 0 Å². The van der Waals surface area contributed by atoms with Crippen LogP contribution >= 0.6 is 0 Å². The highest BCUT2D eigenvalue weighted by Crippen LogP contribution is 2.26. The van der Waals surface area contributed by atoms with Gasteiger partial charge in [-0.25, -0.2) is 4.98 Å². The maximum atomic E-state index is 12.3. The number of hydrogen-bond donors (Lipinski definition) is 1. The molecule has 0 fully saturated rings. The van der Waals surface area contributed by atoms with E-state index in [4.69, 9.17) is 9.15 Å². The first-order valence-electron chi connectivity index (χ1n) is 9.80. The van der Waals surface area contributed by atoms with Gasteiger partial charge in [0.25, 0.3) is 0 Å². The summed E-state index contributed by atoms with van der Waals surface area (Å²) in [5.41, 5.74) is 5.00. The van der Waals surface area contributed by atoms with Gasteiger partial charge < -0.3 is 14.5 Å². The lowest BCUT2D eigenvalue weighted by atomic mass is 10.1. The number of fused-ring (bicyclic) bond motifs is 1. The molecule has 0 aliphatic rings. The standard InChI is InChI=1S/C25H22N2O3/c1-3-29-21-11-7-18(8-12-21)9-14-24(28)26-20-10-13-22-23(16-20)30-25(27-22)19-6-4-5-17(2)15-19/h4-16H,3H2,1-2H3,(H,26,28)/b14-9+. The number of nitrogens with one attached hydrogen (secondary N) is 1. The maximum Gasteiger partial charge on any atom is 0.248 e. The van der Waals surface area contributed by atoms with Gasteiger partial charge in [-0.05, 0) is 61.9 Å². The number of ether oxygens (including phenoxy) is 1. The van der Waals surface area contributed by atoms with Gasteiger partial charge in [0, 0.05) is 23.4 Å². The molecule has 1 heterocycles. The molecule has 0 saturated heterocycles. The molecule has 0 aliphatic heterocycles. The second-order valence-electron chi connectivity index (χ2n) is 6.90. The van der Waals surface area contributed by atoms with Crippen LogP contribution in [0.3, 0.4) is 0 Å². The minimum atomic E-state index is -0.221. The van der Waals surface area contributed by atoms with Gasteiger partial charge in [-0.1, -0.05) is 29.8 Å². The highest BCUT2D eigenvalue weighted by molar-refractivity contribution is 6.02. The number of benzene rings is 3. The van der Waals surface area contributed by atoms with E-state index < -0.39 is 0 Å². The van der Waals surface area contributed by atoms with Crippen LogP contribution in [0.15, 0.2) is 77.2 Å². The van der Waals surface area contributed by atoms with Crippen LogP contribution in [-0.4, -0.2) is 17.5 Å². The number of oxazole rings is 1. The number of rotatable bonds is 6. The molecule has 5 nitrogen and oxygen atoms in total. The van der Waals surface area contributed by atoms with Gasteiger partial charge in [0.15, 0.2) is 5.58 Å². The van der Waals surface area contributed by atoms with Crippen LogP contribution in [-0.2, 0) is 4.79 Å². The molecule has 0 atom stereocenters. The van der Waals surface area contributed by atoms with Crippen molar-refractivity contribution in [1.82, 2.24) is 4.98 Å². The fourth-order valence-electron chi connectivity index (χ4n) is 3.10. The summed E-state index contributed by atoms with van der Waals surface area (Å²) in [5, 5.41) is 2.86. The summed E-state index contributed by atoms with van der Waals surface area (Å²) in [6.45, 7) is 4.60. The van der Waals surface area contributed by atoms with Gasteiger partial charge in [0.2, 0.25) is 11.8 Å². The van der Waals surface area contributed by atoms with Gasteiger partial charge in [0.1, 0.15) is 11.3 Å². The lowest BCUT2D eigenvalue weighted by molar-refractivity contribution is -0.111. The van der Waals surface area contributed by atoms with Crippen LogP contribution in [0.25, 0.3) is 28.6 Å². The molecule has 3 aromatic carbocycles. The fourth-order valence-corrected chi connectivity index (χ4v) is 3.10. The second kappa shape index (κ2) is 8.66. The van der Waals surface area contributed by atoms with Gasteiger partial charge >= 0.3 is 0 Å². The quantitative estimate of drug-likeness (QED) is 0.414. The van der Waals surface area contributed by atoms with E-state index in [0.717, 1.165) is 28.0 Å². The normalized spacial score (nSPS) is 11.1. The summed E-state index contributed by atoms with van der Waals surface area (Å²) in [5.74, 6) is 1.15. The Kier molecular flexibility index (Phi) is 5.61. The van der Waals surface area contributed by atoms with Crippen molar-refractivity contribution in [3.05, 3.63) is 83.9 Å². The van der Waals surface area contributed by atoms with Gasteiger partial charge in [-0.15, -0.1) is 0 Å². The Morgan fingerprint density at radius 3 is 2.70 bits per heavy atom. The lowest BCUT2D eigenvalue weighted by Gasteiger charge is -2.03. The SMILES string of the molecule is CCOc1ccc(/C=C/C(=O)Nc2ccc3nc(-c4cccc(C)c4)oc3c2)cc1. The molecule has 0 spiro atoms. The Morgan fingerprint density at radius 1 is 1.10 bits per heavy atom. The predicted molar refractivity (Wildman–Crippen MR) is 119 cm³/mol. The molecule has 5 heteroatoms. The van der Waals surface area contributed by atoms with E-state index in [-0.39, 0.29) is 5.91 Å². The van der Waals surface area contributed by atoms with Gasteiger partial charge in [0.05, 0.1) is 6.61 Å². The maximum absolute atomic E-state index is 12.3. The molecule has 4 rings (SSSR count). The Labute approximate surface area is 175 Å². The molecule has 150 valence electrons. The van der Waals surface area contributed by atoms with E-state index in [1.165, 1.54) is 6.08 Å². The Morgan fingerprint density at radius 2 is 1.93 bits per heavy atom. The number of aryl methyl sites for hydroxylation is 1. The monoisotopic (exact) mass is 398 g/mol. The molecule has 0 bridgehead atoms. The zero-order valence-corrected chi connectivity index (χ0v) is 16.9. The minimum absolute atomic E-state index is 0.221. The fraction of sp³-hybridized carbons (Fsp3) is 0.120. The lowest BCUT2D eigenvalue weighted by Crippen LogP contribution is -2.07. The van der Waals surface area contributed by atoms with Crippen molar-refractivity contribution in [2.24, 2.45) is 0 Å². The summed E-state index contributed by atoms with van der Waals surface area (Å²) < 4.78 is 11.3. The Hall–Kier alpha value is -3.86. The number of anilines is 1. The summed E-state index contributed by atoms with van der Waals surface area (Å²) in [7, 11) is 0. The number of hydrogen-bond acceptors (Lipinski definition) is 4. The molecular formula is C25H22N2O3. The largest absolute Gasteiger partial charge is 0.494 e. The zero-order chi connectivity index (χ0) is 20.9. The van der Waals surface area contributed by atoms with E-state index >= 15 is 0 Å². The predicted octanol–water partition coefficient (Wildman–Crippen LogP) is 5.85. The van der Waals surface area contributed by atoms with Crippen molar-refractivity contribution in [2.75, 3.05) is 11.9 Å². The molecule has 0 aliphatic carbocycles. The van der Waals surface area contributed by atoms with Crippen LogP contribution in [0.5, 0.6) is 5.75 Å². The van der Waals surface area contributed by atoms with E-state index in [9.17, 15) is 4.79 Å².